The van der Waals surface area contributed by atoms with Crippen molar-refractivity contribution in [1.29, 1.82) is 0 Å². The Labute approximate surface area is 100 Å². The lowest BCUT2D eigenvalue weighted by molar-refractivity contribution is 0.499. The van der Waals surface area contributed by atoms with Crippen molar-refractivity contribution in [2.75, 3.05) is 0 Å². The number of hydrogen-bond acceptors (Lipinski definition) is 1. The molecule has 1 aromatic rings. The van der Waals surface area contributed by atoms with Gasteiger partial charge in [-0.2, -0.15) is 0 Å². The first-order valence-corrected chi connectivity index (χ1v) is 7.02. The lowest BCUT2D eigenvalue weighted by atomic mass is 10.00. The van der Waals surface area contributed by atoms with Gasteiger partial charge in [0.1, 0.15) is 0 Å². The van der Waals surface area contributed by atoms with Crippen LogP contribution in [-0.2, 0) is 0 Å². The number of fused-ring (bicyclic) bond motifs is 2. The summed E-state index contributed by atoms with van der Waals surface area (Å²) in [6.07, 6.45) is 4.14. The lowest BCUT2D eigenvalue weighted by Crippen LogP contribution is -2.24. The quantitative estimate of drug-likeness (QED) is 0.697. The molecule has 2 heteroatoms. The molecule has 3 rings (SSSR count). The monoisotopic (exact) mass is 238 g/mol. The number of halogens is 1. The molecule has 0 nitrogen and oxygen atoms in total. The van der Waals surface area contributed by atoms with Gasteiger partial charge in [-0.25, -0.2) is 0 Å². The predicted molar refractivity (Wildman–Crippen MR) is 66.6 cm³/mol. The Morgan fingerprint density at radius 1 is 1.07 bits per heavy atom. The van der Waals surface area contributed by atoms with E-state index in [9.17, 15) is 0 Å². The van der Waals surface area contributed by atoms with E-state index in [2.05, 4.69) is 30.3 Å². The van der Waals surface area contributed by atoms with Gasteiger partial charge < -0.3 is 0 Å². The SMILES string of the molecule is ClC1C2CCC(C2)C1Sc1ccccc1. The summed E-state index contributed by atoms with van der Waals surface area (Å²) >= 11 is 8.49. The van der Waals surface area contributed by atoms with Crippen molar-refractivity contribution in [3.05, 3.63) is 30.3 Å². The molecule has 0 radical (unpaired) electrons. The van der Waals surface area contributed by atoms with Crippen LogP contribution >= 0.6 is 23.4 Å². The van der Waals surface area contributed by atoms with Crippen LogP contribution in [0.1, 0.15) is 19.3 Å². The van der Waals surface area contributed by atoms with Gasteiger partial charge in [-0.05, 0) is 43.2 Å². The van der Waals surface area contributed by atoms with Crippen molar-refractivity contribution in [3.63, 3.8) is 0 Å². The van der Waals surface area contributed by atoms with Crippen molar-refractivity contribution in [2.45, 2.75) is 34.8 Å². The summed E-state index contributed by atoms with van der Waals surface area (Å²) in [6, 6.07) is 10.7. The lowest BCUT2D eigenvalue weighted by Gasteiger charge is -2.25. The highest BCUT2D eigenvalue weighted by Gasteiger charge is 2.46. The minimum atomic E-state index is 0.411. The van der Waals surface area contributed by atoms with Gasteiger partial charge in [-0.15, -0.1) is 23.4 Å². The number of hydrogen-bond donors (Lipinski definition) is 0. The van der Waals surface area contributed by atoms with Crippen molar-refractivity contribution in [1.82, 2.24) is 0 Å². The van der Waals surface area contributed by atoms with E-state index in [1.165, 1.54) is 24.2 Å². The third-order valence-corrected chi connectivity index (χ3v) is 6.03. The zero-order valence-corrected chi connectivity index (χ0v) is 10.2. The van der Waals surface area contributed by atoms with Crippen LogP contribution < -0.4 is 0 Å². The van der Waals surface area contributed by atoms with Crippen LogP contribution in [0.2, 0.25) is 0 Å². The molecule has 0 aromatic heterocycles. The minimum absolute atomic E-state index is 0.411. The Morgan fingerprint density at radius 3 is 2.47 bits per heavy atom. The summed E-state index contributed by atoms with van der Waals surface area (Å²) in [5.41, 5.74) is 0. The average molecular weight is 239 g/mol. The molecule has 0 aliphatic heterocycles. The molecule has 1 aromatic carbocycles. The summed E-state index contributed by atoms with van der Waals surface area (Å²) in [5, 5.41) is 1.07. The molecule has 2 aliphatic carbocycles. The molecule has 0 saturated heterocycles. The van der Waals surface area contributed by atoms with E-state index in [0.717, 1.165) is 11.8 Å². The van der Waals surface area contributed by atoms with Gasteiger partial charge in [0.15, 0.2) is 0 Å². The molecular weight excluding hydrogens is 224 g/mol. The standard InChI is InChI=1S/C13H15ClS/c14-12-9-6-7-10(8-9)13(12)15-11-4-2-1-3-5-11/h1-5,9-10,12-13H,6-8H2. The minimum Gasteiger partial charge on any atom is -0.121 e. The highest BCUT2D eigenvalue weighted by Crippen LogP contribution is 2.53. The first-order chi connectivity index (χ1) is 7.34. The van der Waals surface area contributed by atoms with E-state index in [1.54, 1.807) is 0 Å². The number of alkyl halides is 1. The van der Waals surface area contributed by atoms with Crippen LogP contribution in [0.5, 0.6) is 0 Å². The molecule has 4 atom stereocenters. The second-order valence-electron chi connectivity index (χ2n) is 4.67. The Morgan fingerprint density at radius 2 is 1.80 bits per heavy atom. The van der Waals surface area contributed by atoms with Gasteiger partial charge in [-0.3, -0.25) is 0 Å². The van der Waals surface area contributed by atoms with Crippen LogP contribution in [0, 0.1) is 11.8 Å². The van der Waals surface area contributed by atoms with Crippen molar-refractivity contribution < 1.29 is 0 Å². The Hall–Kier alpha value is -0.140. The topological polar surface area (TPSA) is 0 Å². The van der Waals surface area contributed by atoms with E-state index in [4.69, 9.17) is 11.6 Å². The molecule has 2 aliphatic rings. The fourth-order valence-corrected chi connectivity index (χ4v) is 5.00. The van der Waals surface area contributed by atoms with Crippen LogP contribution in [0.4, 0.5) is 0 Å². The van der Waals surface area contributed by atoms with Gasteiger partial charge in [0, 0.05) is 15.5 Å². The van der Waals surface area contributed by atoms with Gasteiger partial charge in [0.2, 0.25) is 0 Å². The number of benzene rings is 1. The Kier molecular flexibility index (Phi) is 2.70. The first kappa shape index (κ1) is 10.0. The molecule has 2 fully saturated rings. The second kappa shape index (κ2) is 4.03. The van der Waals surface area contributed by atoms with Gasteiger partial charge in [0.25, 0.3) is 0 Å². The Bertz CT molecular complexity index is 336. The molecule has 0 amide bonds. The maximum atomic E-state index is 6.50. The summed E-state index contributed by atoms with van der Waals surface area (Å²) < 4.78 is 0. The maximum absolute atomic E-state index is 6.50. The van der Waals surface area contributed by atoms with Gasteiger partial charge >= 0.3 is 0 Å². The van der Waals surface area contributed by atoms with Gasteiger partial charge in [0.05, 0.1) is 0 Å². The normalized spacial score (nSPS) is 38.5. The predicted octanol–water partition coefficient (Wildman–Crippen LogP) is 4.18. The zero-order valence-electron chi connectivity index (χ0n) is 8.60. The molecule has 80 valence electrons. The summed E-state index contributed by atoms with van der Waals surface area (Å²) in [4.78, 5) is 1.38. The molecule has 15 heavy (non-hydrogen) atoms. The highest BCUT2D eigenvalue weighted by atomic mass is 35.5. The van der Waals surface area contributed by atoms with Crippen molar-refractivity contribution in [3.8, 4) is 0 Å². The van der Waals surface area contributed by atoms with E-state index in [1.807, 2.05) is 11.8 Å². The van der Waals surface area contributed by atoms with E-state index in [-0.39, 0.29) is 0 Å². The van der Waals surface area contributed by atoms with Crippen molar-refractivity contribution >= 4 is 23.4 Å². The average Bonchev–Trinajstić information content (AvgIpc) is 2.84. The van der Waals surface area contributed by atoms with E-state index >= 15 is 0 Å². The third kappa shape index (κ3) is 1.81. The maximum Gasteiger partial charge on any atom is 0.0489 e. The van der Waals surface area contributed by atoms with Crippen LogP contribution in [0.25, 0.3) is 0 Å². The molecule has 2 saturated carbocycles. The molecule has 4 unspecified atom stereocenters. The van der Waals surface area contributed by atoms with Crippen LogP contribution in [0.3, 0.4) is 0 Å². The van der Waals surface area contributed by atoms with Crippen LogP contribution in [0.15, 0.2) is 35.2 Å². The largest absolute Gasteiger partial charge is 0.121 e. The molecule has 0 heterocycles. The molecule has 0 spiro atoms. The fourth-order valence-electron chi connectivity index (χ4n) is 2.99. The Balaban J connectivity index is 1.74. The molecular formula is C13H15ClS. The van der Waals surface area contributed by atoms with Crippen molar-refractivity contribution in [2.24, 2.45) is 11.8 Å². The van der Waals surface area contributed by atoms with E-state index in [0.29, 0.717) is 10.6 Å². The number of rotatable bonds is 2. The fraction of sp³-hybridized carbons (Fsp3) is 0.538. The summed E-state index contributed by atoms with van der Waals surface area (Å²) in [7, 11) is 0. The molecule has 2 bridgehead atoms. The second-order valence-corrected chi connectivity index (χ2v) is 6.43. The molecule has 0 N–H and O–H groups in total. The zero-order chi connectivity index (χ0) is 10.3. The first-order valence-electron chi connectivity index (χ1n) is 5.70. The number of thioether (sulfide) groups is 1. The summed E-state index contributed by atoms with van der Waals surface area (Å²) in [6.45, 7) is 0. The van der Waals surface area contributed by atoms with Gasteiger partial charge in [-0.1, -0.05) is 18.2 Å². The third-order valence-electron chi connectivity index (χ3n) is 3.76. The smallest absolute Gasteiger partial charge is 0.0489 e. The highest BCUT2D eigenvalue weighted by molar-refractivity contribution is 8.00. The van der Waals surface area contributed by atoms with E-state index < -0.39 is 0 Å². The summed E-state index contributed by atoms with van der Waals surface area (Å²) in [5.74, 6) is 1.68. The van der Waals surface area contributed by atoms with Crippen LogP contribution in [-0.4, -0.2) is 10.6 Å².